The van der Waals surface area contributed by atoms with E-state index in [1.54, 1.807) is 0 Å². The van der Waals surface area contributed by atoms with E-state index < -0.39 is 12.0 Å². The fourth-order valence-corrected chi connectivity index (χ4v) is 3.61. The highest BCUT2D eigenvalue weighted by atomic mass is 127. The molecule has 1 aromatic rings. The second kappa shape index (κ2) is 6.31. The summed E-state index contributed by atoms with van der Waals surface area (Å²) in [4.78, 5) is 24.5. The monoisotopic (exact) mass is 456 g/mol. The maximum atomic E-state index is 12.1. The quantitative estimate of drug-likeness (QED) is 0.671. The van der Waals surface area contributed by atoms with Crippen molar-refractivity contribution in [2.75, 3.05) is 16.9 Å². The van der Waals surface area contributed by atoms with Gasteiger partial charge in [-0.25, -0.2) is 9.59 Å². The molecule has 2 amide bonds. The third-order valence-electron chi connectivity index (χ3n) is 2.60. The molecular weight excluding hydrogens is 447 g/mol. The molecule has 1 heterocycles. The molecule has 1 saturated heterocycles. The van der Waals surface area contributed by atoms with Gasteiger partial charge in [0.05, 0.1) is 11.6 Å². The Kier molecular flexibility index (Phi) is 4.96. The number of carboxylic acid groups (broad SMARTS) is 1. The van der Waals surface area contributed by atoms with Gasteiger partial charge >= 0.3 is 12.0 Å². The first-order valence-electron chi connectivity index (χ1n) is 5.32. The Bertz CT molecular complexity index is 529. The number of halogens is 2. The molecule has 8 heteroatoms. The Morgan fingerprint density at radius 3 is 2.95 bits per heavy atom. The second-order valence-corrected chi connectivity index (χ2v) is 6.98. The predicted molar refractivity (Wildman–Crippen MR) is 86.5 cm³/mol. The molecule has 2 N–H and O–H groups in total. The van der Waals surface area contributed by atoms with E-state index in [4.69, 9.17) is 5.11 Å². The average Bonchev–Trinajstić information content (AvgIpc) is 2.83. The Morgan fingerprint density at radius 1 is 1.53 bits per heavy atom. The number of anilines is 1. The van der Waals surface area contributed by atoms with E-state index in [-0.39, 0.29) is 6.03 Å². The number of aliphatic carboxylic acids is 1. The zero-order valence-electron chi connectivity index (χ0n) is 9.60. The maximum absolute atomic E-state index is 12.1. The van der Waals surface area contributed by atoms with Crippen LogP contribution < -0.4 is 5.32 Å². The van der Waals surface area contributed by atoms with Crippen molar-refractivity contribution in [1.29, 1.82) is 0 Å². The van der Waals surface area contributed by atoms with Crippen molar-refractivity contribution in [1.82, 2.24) is 4.90 Å². The molecule has 1 aliphatic heterocycles. The fraction of sp³-hybridized carbons (Fsp3) is 0.273. The largest absolute Gasteiger partial charge is 0.480 e. The average molecular weight is 457 g/mol. The number of nitrogens with one attached hydrogen (secondary N) is 1. The summed E-state index contributed by atoms with van der Waals surface area (Å²) >= 11 is 6.94. The summed E-state index contributed by atoms with van der Waals surface area (Å²) in [5.74, 6) is -0.150. The van der Waals surface area contributed by atoms with Crippen molar-refractivity contribution in [2.45, 2.75) is 6.04 Å². The van der Waals surface area contributed by atoms with E-state index in [1.807, 2.05) is 18.2 Å². The van der Waals surface area contributed by atoms with Gasteiger partial charge in [-0.1, -0.05) is 0 Å². The summed E-state index contributed by atoms with van der Waals surface area (Å²) in [7, 11) is 0. The number of amides is 2. The first-order valence-corrected chi connectivity index (χ1v) is 8.35. The number of nitrogens with zero attached hydrogens (tertiary/aromatic N) is 1. The lowest BCUT2D eigenvalue weighted by Crippen LogP contribution is -2.44. The number of rotatable bonds is 2. The molecule has 5 nitrogen and oxygen atoms in total. The zero-order valence-corrected chi connectivity index (χ0v) is 14.2. The molecule has 0 saturated carbocycles. The summed E-state index contributed by atoms with van der Waals surface area (Å²) in [5.41, 5.74) is 0.637. The molecule has 0 radical (unpaired) electrons. The van der Waals surface area contributed by atoms with Crippen LogP contribution in [0.4, 0.5) is 10.5 Å². The Labute approximate surface area is 136 Å². The van der Waals surface area contributed by atoms with Crippen molar-refractivity contribution in [2.24, 2.45) is 0 Å². The molecule has 0 aromatic heterocycles. The molecule has 1 fully saturated rings. The van der Waals surface area contributed by atoms with Crippen LogP contribution in [-0.2, 0) is 4.79 Å². The van der Waals surface area contributed by atoms with Crippen LogP contribution in [0.3, 0.4) is 0 Å². The fourth-order valence-electron chi connectivity index (χ4n) is 1.63. The van der Waals surface area contributed by atoms with E-state index in [1.165, 1.54) is 16.7 Å². The molecule has 1 aromatic carbocycles. The van der Waals surface area contributed by atoms with Crippen molar-refractivity contribution in [3.05, 3.63) is 26.2 Å². The molecule has 1 unspecified atom stereocenters. The van der Waals surface area contributed by atoms with Crippen molar-refractivity contribution in [3.8, 4) is 0 Å². The number of carbonyl (C=O) groups is 2. The third-order valence-corrected chi connectivity index (χ3v) is 4.97. The molecule has 1 aliphatic rings. The van der Waals surface area contributed by atoms with Crippen molar-refractivity contribution >= 4 is 68.0 Å². The van der Waals surface area contributed by atoms with Gasteiger partial charge in [0.1, 0.15) is 6.04 Å². The normalized spacial score (nSPS) is 18.4. The highest BCUT2D eigenvalue weighted by Crippen LogP contribution is 2.27. The number of urea groups is 1. The standard InChI is InChI=1S/C11H10BrIN2O3S/c12-7-2-1-6(13)3-8(7)14-11(18)15-5-19-4-9(15)10(16)17/h1-3,9H,4-5H2,(H,14,18)(H,16,17). The van der Waals surface area contributed by atoms with Gasteiger partial charge in [0, 0.05) is 13.8 Å². The van der Waals surface area contributed by atoms with Gasteiger partial charge in [-0.2, -0.15) is 0 Å². The number of carboxylic acids is 1. The highest BCUT2D eigenvalue weighted by molar-refractivity contribution is 14.1. The highest BCUT2D eigenvalue weighted by Gasteiger charge is 2.34. The maximum Gasteiger partial charge on any atom is 0.327 e. The van der Waals surface area contributed by atoms with Crippen LogP contribution >= 0.6 is 50.3 Å². The molecular formula is C11H10BrIN2O3S. The minimum atomic E-state index is -0.971. The van der Waals surface area contributed by atoms with Gasteiger partial charge in [-0.05, 0) is 56.7 Å². The molecule has 0 spiro atoms. The van der Waals surface area contributed by atoms with Gasteiger partial charge in [-0.3, -0.25) is 0 Å². The van der Waals surface area contributed by atoms with E-state index in [9.17, 15) is 9.59 Å². The van der Waals surface area contributed by atoms with Gasteiger partial charge in [0.15, 0.2) is 0 Å². The lowest BCUT2D eigenvalue weighted by atomic mass is 10.3. The predicted octanol–water partition coefficient (Wildman–Crippen LogP) is 3.05. The van der Waals surface area contributed by atoms with Crippen LogP contribution in [0.25, 0.3) is 0 Å². The van der Waals surface area contributed by atoms with E-state index in [0.717, 1.165) is 8.04 Å². The summed E-state index contributed by atoms with van der Waals surface area (Å²) in [6.07, 6.45) is 0. The molecule has 102 valence electrons. The third kappa shape index (κ3) is 3.54. The van der Waals surface area contributed by atoms with Gasteiger partial charge in [0.2, 0.25) is 0 Å². The van der Waals surface area contributed by atoms with E-state index in [0.29, 0.717) is 17.3 Å². The second-order valence-electron chi connectivity index (χ2n) is 3.88. The minimum absolute atomic E-state index is 0.389. The van der Waals surface area contributed by atoms with Crippen LogP contribution in [0, 0.1) is 3.57 Å². The van der Waals surface area contributed by atoms with Crippen LogP contribution in [0.2, 0.25) is 0 Å². The summed E-state index contributed by atoms with van der Waals surface area (Å²) in [6.45, 7) is 0. The smallest absolute Gasteiger partial charge is 0.327 e. The topological polar surface area (TPSA) is 69.6 Å². The Balaban J connectivity index is 2.12. The van der Waals surface area contributed by atoms with Crippen LogP contribution in [-0.4, -0.2) is 39.7 Å². The van der Waals surface area contributed by atoms with Gasteiger partial charge < -0.3 is 15.3 Å². The number of benzene rings is 1. The van der Waals surface area contributed by atoms with Crippen molar-refractivity contribution in [3.63, 3.8) is 0 Å². The summed E-state index contributed by atoms with van der Waals surface area (Å²) in [6, 6.07) is 4.42. The Hall–Kier alpha value is -0.480. The number of carbonyl (C=O) groups excluding carboxylic acids is 1. The first kappa shape index (κ1) is 14.9. The summed E-state index contributed by atoms with van der Waals surface area (Å²) in [5, 5.41) is 11.8. The van der Waals surface area contributed by atoms with Crippen LogP contribution in [0.15, 0.2) is 22.7 Å². The number of hydrogen-bond donors (Lipinski definition) is 2. The number of thioether (sulfide) groups is 1. The SMILES string of the molecule is O=C(O)C1CSCN1C(=O)Nc1cc(I)ccc1Br. The molecule has 1 atom stereocenters. The van der Waals surface area contributed by atoms with Gasteiger partial charge in [0.25, 0.3) is 0 Å². The minimum Gasteiger partial charge on any atom is -0.480 e. The van der Waals surface area contributed by atoms with Crippen LogP contribution in [0.1, 0.15) is 0 Å². The first-order chi connectivity index (χ1) is 8.99. The van der Waals surface area contributed by atoms with Gasteiger partial charge in [-0.15, -0.1) is 11.8 Å². The molecule has 0 aliphatic carbocycles. The summed E-state index contributed by atoms with van der Waals surface area (Å²) < 4.78 is 1.75. The van der Waals surface area contributed by atoms with Crippen LogP contribution in [0.5, 0.6) is 0 Å². The van der Waals surface area contributed by atoms with E-state index in [2.05, 4.69) is 43.8 Å². The number of hydrogen-bond acceptors (Lipinski definition) is 3. The lowest BCUT2D eigenvalue weighted by molar-refractivity contribution is -0.140. The zero-order chi connectivity index (χ0) is 14.0. The lowest BCUT2D eigenvalue weighted by Gasteiger charge is -2.21. The molecule has 0 bridgehead atoms. The molecule has 2 rings (SSSR count). The molecule has 19 heavy (non-hydrogen) atoms. The van der Waals surface area contributed by atoms with Crippen molar-refractivity contribution < 1.29 is 14.7 Å². The Morgan fingerprint density at radius 2 is 2.26 bits per heavy atom. The van der Waals surface area contributed by atoms with E-state index >= 15 is 0 Å².